The van der Waals surface area contributed by atoms with Crippen molar-refractivity contribution in [1.29, 1.82) is 0 Å². The lowest BCUT2D eigenvalue weighted by atomic mass is 9.96. The largest absolute Gasteiger partial charge is 0.393 e. The van der Waals surface area contributed by atoms with Gasteiger partial charge in [-0.3, -0.25) is 0 Å². The zero-order valence-electron chi connectivity index (χ0n) is 11.8. The maximum absolute atomic E-state index is 9.76. The molecule has 5 nitrogen and oxygen atoms in total. The Kier molecular flexibility index (Phi) is 2.84. The highest BCUT2D eigenvalue weighted by molar-refractivity contribution is 5.53. The molecule has 1 aromatic heterocycles. The van der Waals surface area contributed by atoms with Gasteiger partial charge in [0.1, 0.15) is 5.82 Å². The van der Waals surface area contributed by atoms with Crippen molar-refractivity contribution in [3.8, 4) is 0 Å². The molecule has 4 rings (SSSR count). The number of rotatable bonds is 1. The molecule has 2 aliphatic carbocycles. The Morgan fingerprint density at radius 3 is 2.50 bits per heavy atom. The average Bonchev–Trinajstić information content (AvgIpc) is 2.94. The third-order valence-corrected chi connectivity index (χ3v) is 5.20. The van der Waals surface area contributed by atoms with Gasteiger partial charge in [-0.2, -0.15) is 4.98 Å². The van der Waals surface area contributed by atoms with Gasteiger partial charge in [0.05, 0.1) is 11.8 Å². The molecule has 0 aromatic carbocycles. The van der Waals surface area contributed by atoms with Crippen LogP contribution in [0.25, 0.3) is 0 Å². The smallest absolute Gasteiger partial charge is 0.222 e. The lowest BCUT2D eigenvalue weighted by Gasteiger charge is -2.25. The van der Waals surface area contributed by atoms with Gasteiger partial charge in [0, 0.05) is 18.7 Å². The van der Waals surface area contributed by atoms with E-state index in [4.69, 9.17) is 5.73 Å². The molecule has 108 valence electrons. The monoisotopic (exact) mass is 274 g/mol. The van der Waals surface area contributed by atoms with E-state index in [0.717, 1.165) is 50.3 Å². The van der Waals surface area contributed by atoms with Crippen LogP contribution in [0.2, 0.25) is 0 Å². The minimum atomic E-state index is -0.0865. The quantitative estimate of drug-likeness (QED) is 0.803. The number of fused-ring (bicyclic) bond motifs is 2. The van der Waals surface area contributed by atoms with E-state index in [0.29, 0.717) is 17.8 Å². The van der Waals surface area contributed by atoms with Gasteiger partial charge < -0.3 is 15.7 Å². The number of aliphatic hydroxyl groups excluding tert-OH is 1. The van der Waals surface area contributed by atoms with Crippen LogP contribution in [0, 0.1) is 11.8 Å². The molecule has 1 aliphatic heterocycles. The first kappa shape index (κ1) is 12.4. The highest BCUT2D eigenvalue weighted by Crippen LogP contribution is 2.41. The van der Waals surface area contributed by atoms with E-state index >= 15 is 0 Å². The summed E-state index contributed by atoms with van der Waals surface area (Å²) in [5, 5.41) is 9.76. The molecule has 0 radical (unpaired) electrons. The molecule has 1 saturated heterocycles. The summed E-state index contributed by atoms with van der Waals surface area (Å²) in [5.74, 6) is 2.75. The average molecular weight is 274 g/mol. The number of anilines is 2. The van der Waals surface area contributed by atoms with Crippen molar-refractivity contribution in [2.24, 2.45) is 11.8 Å². The van der Waals surface area contributed by atoms with Crippen molar-refractivity contribution >= 4 is 11.8 Å². The highest BCUT2D eigenvalue weighted by Gasteiger charge is 2.41. The molecule has 3 N–H and O–H groups in total. The fourth-order valence-electron chi connectivity index (χ4n) is 4.30. The lowest BCUT2D eigenvalue weighted by Crippen LogP contribution is -2.27. The summed E-state index contributed by atoms with van der Waals surface area (Å²) in [6.07, 6.45) is 6.37. The Hall–Kier alpha value is -1.36. The van der Waals surface area contributed by atoms with Crippen LogP contribution in [0.3, 0.4) is 0 Å². The topological polar surface area (TPSA) is 75.3 Å². The predicted octanol–water partition coefficient (Wildman–Crippen LogP) is 1.14. The molecule has 5 heteroatoms. The van der Waals surface area contributed by atoms with Crippen LogP contribution in [0.5, 0.6) is 0 Å². The van der Waals surface area contributed by atoms with E-state index in [2.05, 4.69) is 14.9 Å². The molecule has 0 amide bonds. The molecule has 3 atom stereocenters. The van der Waals surface area contributed by atoms with Crippen molar-refractivity contribution in [3.05, 3.63) is 11.3 Å². The van der Waals surface area contributed by atoms with Gasteiger partial charge in [-0.1, -0.05) is 0 Å². The molecular weight excluding hydrogens is 252 g/mol. The van der Waals surface area contributed by atoms with Gasteiger partial charge in [0.25, 0.3) is 0 Å². The molecule has 1 unspecified atom stereocenters. The maximum atomic E-state index is 9.76. The summed E-state index contributed by atoms with van der Waals surface area (Å²) in [6, 6.07) is 0. The first-order valence-corrected chi connectivity index (χ1v) is 7.79. The third kappa shape index (κ3) is 1.95. The number of hydrogen-bond donors (Lipinski definition) is 2. The third-order valence-electron chi connectivity index (χ3n) is 5.20. The molecule has 20 heavy (non-hydrogen) atoms. The Morgan fingerprint density at radius 1 is 1.05 bits per heavy atom. The minimum absolute atomic E-state index is 0.0865. The first-order valence-electron chi connectivity index (χ1n) is 7.79. The van der Waals surface area contributed by atoms with E-state index in [1.165, 1.54) is 18.4 Å². The number of nitrogens with two attached hydrogens (primary N) is 1. The summed E-state index contributed by atoms with van der Waals surface area (Å²) in [6.45, 7) is 2.04. The first-order chi connectivity index (χ1) is 9.70. The number of hydrogen-bond acceptors (Lipinski definition) is 5. The maximum Gasteiger partial charge on any atom is 0.222 e. The van der Waals surface area contributed by atoms with Gasteiger partial charge in [-0.25, -0.2) is 4.98 Å². The van der Waals surface area contributed by atoms with E-state index in [-0.39, 0.29) is 6.10 Å². The molecular formula is C15H22N4O. The van der Waals surface area contributed by atoms with Gasteiger partial charge in [-0.05, 0) is 50.4 Å². The van der Waals surface area contributed by atoms with Crippen LogP contribution in [-0.4, -0.2) is 34.3 Å². The standard InChI is InChI=1S/C15H22N4O/c16-15-17-13-4-2-1-3-12(13)14(18-15)19-7-9-5-11(20)6-10(9)8-19/h9-11,20H,1-8H2,(H2,16,17,18)/t9-,10+,11?. The fourth-order valence-corrected chi connectivity index (χ4v) is 4.30. The Balaban J connectivity index is 1.65. The van der Waals surface area contributed by atoms with Gasteiger partial charge in [-0.15, -0.1) is 0 Å². The van der Waals surface area contributed by atoms with E-state index in [1.54, 1.807) is 0 Å². The Bertz CT molecular complexity index is 519. The Labute approximate surface area is 119 Å². The SMILES string of the molecule is Nc1nc2c(c(N3C[C@H]4CC(O)C[C@H]4C3)n1)CCCC2. The molecule has 0 spiro atoms. The van der Waals surface area contributed by atoms with Crippen LogP contribution in [0.1, 0.15) is 36.9 Å². The summed E-state index contributed by atoms with van der Waals surface area (Å²) < 4.78 is 0. The Morgan fingerprint density at radius 2 is 1.75 bits per heavy atom. The van der Waals surface area contributed by atoms with Crippen molar-refractivity contribution in [1.82, 2.24) is 9.97 Å². The number of nitrogen functional groups attached to an aromatic ring is 1. The second kappa shape index (κ2) is 4.58. The summed E-state index contributed by atoms with van der Waals surface area (Å²) in [4.78, 5) is 11.4. The molecule has 2 fully saturated rings. The van der Waals surface area contributed by atoms with Gasteiger partial charge >= 0.3 is 0 Å². The minimum Gasteiger partial charge on any atom is -0.393 e. The molecule has 2 heterocycles. The molecule has 0 bridgehead atoms. The van der Waals surface area contributed by atoms with Crippen molar-refractivity contribution in [3.63, 3.8) is 0 Å². The lowest BCUT2D eigenvalue weighted by molar-refractivity contribution is 0.174. The summed E-state index contributed by atoms with van der Waals surface area (Å²) in [5.41, 5.74) is 8.39. The number of aliphatic hydroxyl groups is 1. The second-order valence-corrected chi connectivity index (χ2v) is 6.59. The number of nitrogens with zero attached hydrogens (tertiary/aromatic N) is 3. The second-order valence-electron chi connectivity index (χ2n) is 6.59. The summed E-state index contributed by atoms with van der Waals surface area (Å²) >= 11 is 0. The summed E-state index contributed by atoms with van der Waals surface area (Å²) in [7, 11) is 0. The highest BCUT2D eigenvalue weighted by atomic mass is 16.3. The zero-order chi connectivity index (χ0) is 13.7. The van der Waals surface area contributed by atoms with Crippen molar-refractivity contribution < 1.29 is 5.11 Å². The zero-order valence-corrected chi connectivity index (χ0v) is 11.8. The molecule has 1 aromatic rings. The van der Waals surface area contributed by atoms with Crippen molar-refractivity contribution in [2.45, 2.75) is 44.6 Å². The van der Waals surface area contributed by atoms with Crippen LogP contribution >= 0.6 is 0 Å². The molecule has 1 saturated carbocycles. The van der Waals surface area contributed by atoms with Gasteiger partial charge in [0.2, 0.25) is 5.95 Å². The van der Waals surface area contributed by atoms with Crippen molar-refractivity contribution in [2.75, 3.05) is 23.7 Å². The number of aromatic nitrogens is 2. The van der Waals surface area contributed by atoms with Gasteiger partial charge in [0.15, 0.2) is 0 Å². The number of aryl methyl sites for hydroxylation is 1. The van der Waals surface area contributed by atoms with Crippen LogP contribution in [-0.2, 0) is 12.8 Å². The normalized spacial score (nSPS) is 32.2. The molecule has 3 aliphatic rings. The van der Waals surface area contributed by atoms with E-state index in [9.17, 15) is 5.11 Å². The van der Waals surface area contributed by atoms with E-state index < -0.39 is 0 Å². The predicted molar refractivity (Wildman–Crippen MR) is 77.5 cm³/mol. The van der Waals surface area contributed by atoms with E-state index in [1.807, 2.05) is 0 Å². The van der Waals surface area contributed by atoms with Crippen LogP contribution in [0.15, 0.2) is 0 Å². The fraction of sp³-hybridized carbons (Fsp3) is 0.733. The van der Waals surface area contributed by atoms with Crippen LogP contribution < -0.4 is 10.6 Å². The van der Waals surface area contributed by atoms with Crippen LogP contribution in [0.4, 0.5) is 11.8 Å².